The van der Waals surface area contributed by atoms with Crippen LogP contribution in [0.3, 0.4) is 0 Å². The first-order valence-corrected chi connectivity index (χ1v) is 5.24. The summed E-state index contributed by atoms with van der Waals surface area (Å²) in [7, 11) is 3.08. The first-order valence-electron chi connectivity index (χ1n) is 5.24. The van der Waals surface area contributed by atoms with Gasteiger partial charge in [0, 0.05) is 7.05 Å². The summed E-state index contributed by atoms with van der Waals surface area (Å²) in [5, 5.41) is 1.23. The van der Waals surface area contributed by atoms with Gasteiger partial charge >= 0.3 is 0 Å². The van der Waals surface area contributed by atoms with Gasteiger partial charge < -0.3 is 0 Å². The molecule has 0 fully saturated rings. The number of carbonyl (C=O) groups excluding carboxylic acids is 1. The van der Waals surface area contributed by atoms with Gasteiger partial charge in [-0.25, -0.2) is 5.06 Å². The molecule has 0 N–H and O–H groups in total. The van der Waals surface area contributed by atoms with Crippen molar-refractivity contribution in [2.75, 3.05) is 14.2 Å². The van der Waals surface area contributed by atoms with Gasteiger partial charge in [-0.15, -0.1) is 0 Å². The maximum atomic E-state index is 11.3. The second-order valence-electron chi connectivity index (χ2n) is 2.61. The van der Waals surface area contributed by atoms with E-state index in [0.717, 1.165) is 5.57 Å². The second kappa shape index (κ2) is 11.0. The maximum Gasteiger partial charge on any atom is 0.250 e. The number of hydroxylamine groups is 2. The third kappa shape index (κ3) is 7.94. The number of hydrogen-bond donors (Lipinski definition) is 0. The molecule has 0 heterocycles. The largest absolute Gasteiger partial charge is 0.275 e. The van der Waals surface area contributed by atoms with E-state index in [2.05, 4.69) is 0 Å². The van der Waals surface area contributed by atoms with Crippen LogP contribution >= 0.6 is 0 Å². The van der Waals surface area contributed by atoms with Crippen molar-refractivity contribution in [2.24, 2.45) is 0 Å². The van der Waals surface area contributed by atoms with Crippen molar-refractivity contribution in [1.82, 2.24) is 5.06 Å². The summed E-state index contributed by atoms with van der Waals surface area (Å²) >= 11 is 0. The molecule has 0 radical (unpaired) electrons. The van der Waals surface area contributed by atoms with E-state index in [9.17, 15) is 4.79 Å². The van der Waals surface area contributed by atoms with E-state index >= 15 is 0 Å². The third-order valence-electron chi connectivity index (χ3n) is 1.73. The Morgan fingerprint density at radius 2 is 1.87 bits per heavy atom. The monoisotopic (exact) mass is 213 g/mol. The minimum Gasteiger partial charge on any atom is -0.275 e. The van der Waals surface area contributed by atoms with Crippen LogP contribution in [0.1, 0.15) is 34.1 Å². The van der Waals surface area contributed by atoms with Crippen molar-refractivity contribution >= 4 is 5.91 Å². The number of allylic oxidation sites excluding steroid dienone is 3. The van der Waals surface area contributed by atoms with E-state index < -0.39 is 0 Å². The van der Waals surface area contributed by atoms with Gasteiger partial charge in [0.25, 0.3) is 0 Å². The Balaban J connectivity index is 0. The number of hydrogen-bond acceptors (Lipinski definition) is 2. The van der Waals surface area contributed by atoms with Crippen LogP contribution in [0.15, 0.2) is 23.8 Å². The zero-order valence-electron chi connectivity index (χ0n) is 10.7. The SMILES string of the molecule is C/C=C\C(=C/C)CC(=O)N(C)OC.CC. The molecule has 0 aromatic rings. The molecule has 88 valence electrons. The highest BCUT2D eigenvalue weighted by Crippen LogP contribution is 2.05. The minimum atomic E-state index is -0.0475. The first kappa shape index (κ1) is 16.3. The van der Waals surface area contributed by atoms with Crippen molar-refractivity contribution in [3.8, 4) is 0 Å². The van der Waals surface area contributed by atoms with Gasteiger partial charge in [0.15, 0.2) is 0 Å². The smallest absolute Gasteiger partial charge is 0.250 e. The fourth-order valence-corrected chi connectivity index (χ4v) is 0.859. The highest BCUT2D eigenvalue weighted by molar-refractivity contribution is 5.78. The molecule has 0 bridgehead atoms. The molecule has 0 saturated carbocycles. The van der Waals surface area contributed by atoms with E-state index in [-0.39, 0.29) is 5.91 Å². The average molecular weight is 213 g/mol. The molecule has 0 aliphatic heterocycles. The van der Waals surface area contributed by atoms with Crippen LogP contribution in [0, 0.1) is 0 Å². The van der Waals surface area contributed by atoms with Gasteiger partial charge in [-0.3, -0.25) is 9.63 Å². The lowest BCUT2D eigenvalue weighted by Crippen LogP contribution is -2.25. The van der Waals surface area contributed by atoms with Crippen molar-refractivity contribution in [3.63, 3.8) is 0 Å². The van der Waals surface area contributed by atoms with Crippen molar-refractivity contribution < 1.29 is 9.63 Å². The molecule has 0 saturated heterocycles. The molecule has 3 nitrogen and oxygen atoms in total. The molecule has 0 aliphatic rings. The fraction of sp³-hybridized carbons (Fsp3) is 0.583. The Labute approximate surface area is 93.4 Å². The Morgan fingerprint density at radius 1 is 1.33 bits per heavy atom. The number of nitrogens with zero attached hydrogens (tertiary/aromatic N) is 1. The normalized spacial score (nSPS) is 10.9. The number of rotatable bonds is 4. The number of carbonyl (C=O) groups is 1. The molecule has 0 rings (SSSR count). The predicted octanol–water partition coefficient (Wildman–Crippen LogP) is 2.94. The second-order valence-corrected chi connectivity index (χ2v) is 2.61. The molecular weight excluding hydrogens is 190 g/mol. The van der Waals surface area contributed by atoms with E-state index in [0.29, 0.717) is 6.42 Å². The summed E-state index contributed by atoms with van der Waals surface area (Å²) in [6.45, 7) is 7.84. The summed E-state index contributed by atoms with van der Waals surface area (Å²) in [5.41, 5.74) is 0.997. The molecule has 0 unspecified atom stereocenters. The Hall–Kier alpha value is -1.09. The van der Waals surface area contributed by atoms with E-state index in [4.69, 9.17) is 4.84 Å². The predicted molar refractivity (Wildman–Crippen MR) is 64.3 cm³/mol. The molecule has 0 aromatic heterocycles. The van der Waals surface area contributed by atoms with Crippen molar-refractivity contribution in [2.45, 2.75) is 34.1 Å². The molecule has 0 aromatic carbocycles. The van der Waals surface area contributed by atoms with Crippen LogP contribution in [-0.4, -0.2) is 25.1 Å². The number of amides is 1. The lowest BCUT2D eigenvalue weighted by Gasteiger charge is -2.13. The topological polar surface area (TPSA) is 29.5 Å². The third-order valence-corrected chi connectivity index (χ3v) is 1.73. The molecular formula is C12H23NO2. The average Bonchev–Trinajstić information content (AvgIpc) is 2.29. The zero-order valence-corrected chi connectivity index (χ0v) is 10.7. The summed E-state index contributed by atoms with van der Waals surface area (Å²) in [6, 6.07) is 0. The minimum absolute atomic E-state index is 0.0475. The first-order chi connectivity index (χ1) is 7.15. The molecule has 3 heteroatoms. The van der Waals surface area contributed by atoms with Crippen molar-refractivity contribution in [1.29, 1.82) is 0 Å². The van der Waals surface area contributed by atoms with Gasteiger partial charge in [-0.05, 0) is 19.4 Å². The van der Waals surface area contributed by atoms with Crippen LogP contribution in [0.5, 0.6) is 0 Å². The Kier molecular flexibility index (Phi) is 12.0. The Bertz CT molecular complexity index is 220. The summed E-state index contributed by atoms with van der Waals surface area (Å²) < 4.78 is 0. The van der Waals surface area contributed by atoms with Crippen LogP contribution in [0.2, 0.25) is 0 Å². The maximum absolute atomic E-state index is 11.3. The molecule has 0 aliphatic carbocycles. The molecule has 0 spiro atoms. The lowest BCUT2D eigenvalue weighted by molar-refractivity contribution is -0.167. The van der Waals surface area contributed by atoms with Gasteiger partial charge in [0.05, 0.1) is 13.5 Å². The standard InChI is InChI=1S/C10H17NO2.C2H6/c1-5-7-9(6-2)8-10(12)11(3)13-4;1-2/h5-7H,8H2,1-4H3;1-2H3/b7-5-,9-6+;. The summed E-state index contributed by atoms with van der Waals surface area (Å²) in [4.78, 5) is 16.1. The summed E-state index contributed by atoms with van der Waals surface area (Å²) in [6.07, 6.45) is 6.13. The van der Waals surface area contributed by atoms with E-state index in [1.165, 1.54) is 12.2 Å². The van der Waals surface area contributed by atoms with Gasteiger partial charge in [0.2, 0.25) is 5.91 Å². The van der Waals surface area contributed by atoms with E-state index in [1.807, 2.05) is 45.9 Å². The van der Waals surface area contributed by atoms with Crippen LogP contribution in [0.25, 0.3) is 0 Å². The molecule has 1 amide bonds. The molecule has 0 atom stereocenters. The van der Waals surface area contributed by atoms with Crippen LogP contribution < -0.4 is 0 Å². The summed E-state index contributed by atoms with van der Waals surface area (Å²) in [5.74, 6) is -0.0475. The van der Waals surface area contributed by atoms with Gasteiger partial charge in [0.1, 0.15) is 0 Å². The lowest BCUT2D eigenvalue weighted by atomic mass is 10.1. The van der Waals surface area contributed by atoms with Crippen LogP contribution in [0.4, 0.5) is 0 Å². The van der Waals surface area contributed by atoms with E-state index in [1.54, 1.807) is 7.05 Å². The van der Waals surface area contributed by atoms with Crippen LogP contribution in [-0.2, 0) is 9.63 Å². The molecule has 15 heavy (non-hydrogen) atoms. The van der Waals surface area contributed by atoms with Gasteiger partial charge in [-0.1, -0.05) is 32.1 Å². The Morgan fingerprint density at radius 3 is 2.20 bits per heavy atom. The fourth-order valence-electron chi connectivity index (χ4n) is 0.859. The van der Waals surface area contributed by atoms with Gasteiger partial charge in [-0.2, -0.15) is 0 Å². The highest BCUT2D eigenvalue weighted by Gasteiger charge is 2.08. The zero-order chi connectivity index (χ0) is 12.3. The highest BCUT2D eigenvalue weighted by atomic mass is 16.7. The quantitative estimate of drug-likeness (QED) is 0.531. The van der Waals surface area contributed by atoms with Crippen molar-refractivity contribution in [3.05, 3.63) is 23.8 Å².